The third-order valence-electron chi connectivity index (χ3n) is 12.7. The molecular formula is C63H70N3OPt-. The monoisotopic (exact) mass is 1090 g/mol. The summed E-state index contributed by atoms with van der Waals surface area (Å²) < 4.78 is 121. The minimum atomic E-state index is -3.41. The fourth-order valence-corrected chi connectivity index (χ4v) is 8.60. The van der Waals surface area contributed by atoms with Gasteiger partial charge < -0.3 is 5.11 Å². The van der Waals surface area contributed by atoms with E-state index in [-0.39, 0.29) is 49.8 Å². The Morgan fingerprint density at radius 2 is 1.28 bits per heavy atom. The number of para-hydroxylation sites is 1. The predicted molar refractivity (Wildman–Crippen MR) is 285 cm³/mol. The molecule has 0 bridgehead atoms. The molecule has 0 spiro atoms. The van der Waals surface area contributed by atoms with Crippen molar-refractivity contribution < 1.29 is 45.4 Å². The van der Waals surface area contributed by atoms with Gasteiger partial charge in [0.25, 0.3) is 0 Å². The van der Waals surface area contributed by atoms with Gasteiger partial charge in [0.2, 0.25) is 0 Å². The number of phenolic OH excluding ortho intramolecular Hbond substituents is 1. The van der Waals surface area contributed by atoms with Crippen molar-refractivity contribution in [3.63, 3.8) is 0 Å². The van der Waals surface area contributed by atoms with Crippen LogP contribution in [0.2, 0.25) is 0 Å². The first-order chi connectivity index (χ1) is 37.1. The maximum absolute atomic E-state index is 12.4. The fraction of sp³-hybridized carbons (Fsp3) is 0.333. The van der Waals surface area contributed by atoms with Crippen LogP contribution in [0.15, 0.2) is 121 Å². The molecule has 354 valence electrons. The summed E-state index contributed by atoms with van der Waals surface area (Å²) in [6, 6.07) is 37.3. The second-order valence-electron chi connectivity index (χ2n) is 20.0. The number of hydrogen-bond acceptors (Lipinski definition) is 3. The molecule has 8 rings (SSSR count). The van der Waals surface area contributed by atoms with E-state index in [9.17, 15) is 5.11 Å². The Morgan fingerprint density at radius 3 is 1.90 bits per heavy atom. The number of imidazole rings is 1. The first-order valence-electron chi connectivity index (χ1n) is 30.0. The van der Waals surface area contributed by atoms with Gasteiger partial charge in [-0.05, 0) is 127 Å². The first-order valence-corrected chi connectivity index (χ1v) is 23.0. The zero-order chi connectivity index (χ0) is 60.1. The SMILES string of the molecule is [2H]C([2H])([2H])c1cc(-c2cc(C([2H])(C)C)cc(C([2H])(C)C)c2)ccc1-n1c(-c2cc(C(C)C)cc(C(C)C)c2O)nc2c(-c3[c-]c(-c4cc(-c5ccc(C(C([2H])([2H])[2H])(C([2H])([2H])[2H])C([2H])([2H])[2H])cc5)ccn4)cc(C(C)(C)C)c3)cccc21.[Pt]. The third-order valence-corrected chi connectivity index (χ3v) is 12.7. The number of benzene rings is 6. The topological polar surface area (TPSA) is 50.9 Å². The molecule has 6 aromatic carbocycles. The zero-order valence-electron chi connectivity index (χ0n) is 54.8. The van der Waals surface area contributed by atoms with Crippen molar-refractivity contribution in [3.05, 3.63) is 166 Å². The molecule has 0 saturated carbocycles. The van der Waals surface area contributed by atoms with Crippen molar-refractivity contribution in [2.75, 3.05) is 0 Å². The minimum Gasteiger partial charge on any atom is -0.507 e. The summed E-state index contributed by atoms with van der Waals surface area (Å²) in [5.74, 6) is -1.71. The molecule has 5 heteroatoms. The number of aromatic hydroxyl groups is 1. The number of hydrogen-bond donors (Lipinski definition) is 1. The molecule has 0 aliphatic heterocycles. The number of pyridine rings is 1. The summed E-state index contributed by atoms with van der Waals surface area (Å²) >= 11 is 0. The number of aromatic nitrogens is 3. The van der Waals surface area contributed by atoms with E-state index in [0.717, 1.165) is 11.1 Å². The molecule has 2 aromatic heterocycles. The molecule has 0 unspecified atom stereocenters. The molecule has 0 radical (unpaired) electrons. The Labute approximate surface area is 441 Å². The Balaban J connectivity index is 0.00000968. The van der Waals surface area contributed by atoms with Crippen LogP contribution in [0.5, 0.6) is 5.75 Å². The van der Waals surface area contributed by atoms with Gasteiger partial charge in [-0.3, -0.25) is 9.55 Å². The van der Waals surface area contributed by atoms with Gasteiger partial charge in [0.05, 0.1) is 22.3 Å². The molecule has 0 saturated heterocycles. The van der Waals surface area contributed by atoms with Crippen LogP contribution < -0.4 is 0 Å². The molecule has 2 heterocycles. The Morgan fingerprint density at radius 1 is 0.618 bits per heavy atom. The van der Waals surface area contributed by atoms with Crippen molar-refractivity contribution in [1.29, 1.82) is 0 Å². The van der Waals surface area contributed by atoms with Gasteiger partial charge in [-0.1, -0.05) is 181 Å². The quantitative estimate of drug-likeness (QED) is 0.139. The number of nitrogens with zero attached hydrogens (tertiary/aromatic N) is 3. The molecular weight excluding hydrogens is 1010 g/mol. The minimum absolute atomic E-state index is 0. The average molecular weight is 1090 g/mol. The van der Waals surface area contributed by atoms with E-state index < -0.39 is 50.0 Å². The van der Waals surface area contributed by atoms with Crippen LogP contribution in [0.25, 0.3) is 72.7 Å². The molecule has 1 N–H and O–H groups in total. The molecule has 0 amide bonds. The average Bonchev–Trinajstić information content (AvgIpc) is 3.27. The van der Waals surface area contributed by atoms with Crippen molar-refractivity contribution >= 4 is 11.0 Å². The third kappa shape index (κ3) is 10.1. The van der Waals surface area contributed by atoms with Gasteiger partial charge in [0, 0.05) is 52.1 Å². The standard InChI is InChI=1S/C63H70N3O.Pt/c1-37(2)45-28-46(38(3)4)30-48(29-45)43-21-24-57(41(9)27-43)66-58-18-16-17-53(59(58)65-61(66)55-35-47(39(5)6)34-54(40(7)8)60(55)67)49-31-50(33-52(32-49)63(13,14)15)56-36-44(25-26-64-56)42-19-22-51(23-20-42)62(10,11)12;/h16-30,32-40,67H,1-15H3;/q-1;/i9D3,10D3,11D3,12D3,37D,38D;. The smallest absolute Gasteiger partial charge is 0.148 e. The molecule has 0 atom stereocenters. The largest absolute Gasteiger partial charge is 0.507 e. The molecule has 0 aliphatic rings. The Bertz CT molecular complexity index is 3610. The second kappa shape index (κ2) is 19.4. The summed E-state index contributed by atoms with van der Waals surface area (Å²) in [6.45, 7) is 8.65. The van der Waals surface area contributed by atoms with E-state index in [1.165, 1.54) is 24.3 Å². The van der Waals surface area contributed by atoms with Gasteiger partial charge in [0.15, 0.2) is 0 Å². The van der Waals surface area contributed by atoms with Crippen molar-refractivity contribution in [2.24, 2.45) is 0 Å². The number of aryl methyl sites for hydroxylation is 1. The van der Waals surface area contributed by atoms with Crippen LogP contribution >= 0.6 is 0 Å². The van der Waals surface area contributed by atoms with Crippen molar-refractivity contribution in [1.82, 2.24) is 14.5 Å². The van der Waals surface area contributed by atoms with Crippen LogP contribution in [0.4, 0.5) is 0 Å². The maximum Gasteiger partial charge on any atom is 0.148 e. The Hall–Kier alpha value is -5.57. The summed E-state index contributed by atoms with van der Waals surface area (Å²) in [6.07, 6.45) is 1.61. The van der Waals surface area contributed by atoms with E-state index in [4.69, 9.17) is 29.2 Å². The van der Waals surface area contributed by atoms with Crippen LogP contribution in [0.1, 0.15) is 178 Å². The van der Waals surface area contributed by atoms with Crippen LogP contribution in [-0.4, -0.2) is 19.6 Å². The first kappa shape index (κ1) is 34.7. The Kier molecular flexibility index (Phi) is 9.91. The fourth-order valence-electron chi connectivity index (χ4n) is 8.60. The second-order valence-corrected chi connectivity index (χ2v) is 20.0. The molecule has 0 aliphatic carbocycles. The molecule has 68 heavy (non-hydrogen) atoms. The number of phenols is 1. The summed E-state index contributed by atoms with van der Waals surface area (Å²) in [5, 5.41) is 12.4. The van der Waals surface area contributed by atoms with Crippen molar-refractivity contribution in [2.45, 2.75) is 138 Å². The van der Waals surface area contributed by atoms with Crippen molar-refractivity contribution in [3.8, 4) is 67.5 Å². The van der Waals surface area contributed by atoms with E-state index >= 15 is 0 Å². The number of fused-ring (bicyclic) bond motifs is 1. The summed E-state index contributed by atoms with van der Waals surface area (Å²) in [5.41, 5.74) is 6.72. The predicted octanol–water partition coefficient (Wildman–Crippen LogP) is 17.7. The van der Waals surface area contributed by atoms with Gasteiger partial charge in [0.1, 0.15) is 11.6 Å². The van der Waals surface area contributed by atoms with Gasteiger partial charge in [-0.2, -0.15) is 0 Å². The van der Waals surface area contributed by atoms with Crippen LogP contribution in [-0.2, 0) is 31.9 Å². The van der Waals surface area contributed by atoms with E-state index in [0.29, 0.717) is 89.4 Å². The van der Waals surface area contributed by atoms with E-state index in [2.05, 4.69) is 40.7 Å². The molecule has 4 nitrogen and oxygen atoms in total. The summed E-state index contributed by atoms with van der Waals surface area (Å²) in [7, 11) is 0. The normalized spacial score (nSPS) is 16.3. The van der Waals surface area contributed by atoms with Gasteiger partial charge >= 0.3 is 0 Å². The number of rotatable bonds is 10. The van der Waals surface area contributed by atoms with Gasteiger partial charge in [-0.25, -0.2) is 4.98 Å². The zero-order valence-corrected chi connectivity index (χ0v) is 43.1. The molecule has 8 aromatic rings. The van der Waals surface area contributed by atoms with Crippen LogP contribution in [0.3, 0.4) is 0 Å². The molecule has 0 fully saturated rings. The maximum atomic E-state index is 12.4. The van der Waals surface area contributed by atoms with E-state index in [1.807, 2.05) is 91.2 Å². The van der Waals surface area contributed by atoms with Crippen LogP contribution in [0, 0.1) is 12.9 Å². The van der Waals surface area contributed by atoms with Gasteiger partial charge in [-0.15, -0.1) is 29.3 Å². The summed E-state index contributed by atoms with van der Waals surface area (Å²) in [4.78, 5) is 10.2. The van der Waals surface area contributed by atoms with E-state index in [1.54, 1.807) is 52.1 Å².